The van der Waals surface area contributed by atoms with Crippen LogP contribution in [-0.2, 0) is 13.5 Å². The van der Waals surface area contributed by atoms with Crippen molar-refractivity contribution in [3.8, 4) is 11.5 Å². The fourth-order valence-electron chi connectivity index (χ4n) is 3.79. The number of halogens is 1. The SMILES string of the molecule is Cn1cc2c(n1)CCCC2NC(=O)Nc1ccc(F)cc1-c1nc(C2CC2)no1. The molecule has 2 N–H and O–H groups in total. The average molecular weight is 396 g/mol. The van der Waals surface area contributed by atoms with Crippen molar-refractivity contribution in [1.82, 2.24) is 25.2 Å². The molecule has 150 valence electrons. The van der Waals surface area contributed by atoms with E-state index in [1.54, 1.807) is 4.68 Å². The highest BCUT2D eigenvalue weighted by Crippen LogP contribution is 2.39. The van der Waals surface area contributed by atoms with Crippen LogP contribution in [-0.4, -0.2) is 26.0 Å². The summed E-state index contributed by atoms with van der Waals surface area (Å²) in [7, 11) is 1.88. The summed E-state index contributed by atoms with van der Waals surface area (Å²) >= 11 is 0. The Morgan fingerprint density at radius 2 is 2.17 bits per heavy atom. The molecule has 29 heavy (non-hydrogen) atoms. The van der Waals surface area contributed by atoms with E-state index in [1.807, 2.05) is 13.2 Å². The lowest BCUT2D eigenvalue weighted by molar-refractivity contribution is 0.247. The Labute approximate surface area is 166 Å². The second-order valence-corrected chi connectivity index (χ2v) is 7.67. The molecule has 1 fully saturated rings. The molecule has 2 amide bonds. The quantitative estimate of drug-likeness (QED) is 0.701. The number of aromatic nitrogens is 4. The maximum absolute atomic E-state index is 13.9. The van der Waals surface area contributed by atoms with Gasteiger partial charge in [0.1, 0.15) is 5.82 Å². The van der Waals surface area contributed by atoms with Crippen molar-refractivity contribution in [3.63, 3.8) is 0 Å². The molecule has 2 aliphatic rings. The van der Waals surface area contributed by atoms with Gasteiger partial charge in [-0.15, -0.1) is 0 Å². The van der Waals surface area contributed by atoms with Crippen LogP contribution in [0.15, 0.2) is 28.9 Å². The van der Waals surface area contributed by atoms with Crippen LogP contribution in [0, 0.1) is 5.82 Å². The van der Waals surface area contributed by atoms with E-state index in [2.05, 4.69) is 25.9 Å². The highest BCUT2D eigenvalue weighted by Gasteiger charge is 2.30. The van der Waals surface area contributed by atoms with E-state index in [0.717, 1.165) is 43.4 Å². The molecule has 2 heterocycles. The number of rotatable bonds is 4. The van der Waals surface area contributed by atoms with Crippen molar-refractivity contribution in [2.45, 2.75) is 44.1 Å². The summed E-state index contributed by atoms with van der Waals surface area (Å²) in [4.78, 5) is 17.1. The fraction of sp³-hybridized carbons (Fsp3) is 0.400. The molecule has 2 aromatic heterocycles. The third kappa shape index (κ3) is 3.59. The minimum Gasteiger partial charge on any atom is -0.334 e. The topological polar surface area (TPSA) is 97.9 Å². The van der Waals surface area contributed by atoms with E-state index in [1.165, 1.54) is 18.2 Å². The van der Waals surface area contributed by atoms with Crippen molar-refractivity contribution in [2.75, 3.05) is 5.32 Å². The number of benzene rings is 1. The zero-order valence-electron chi connectivity index (χ0n) is 16.0. The number of aryl methyl sites for hydroxylation is 2. The summed E-state index contributed by atoms with van der Waals surface area (Å²) < 4.78 is 21.0. The number of nitrogens with one attached hydrogen (secondary N) is 2. The molecule has 9 heteroatoms. The number of amides is 2. The molecule has 8 nitrogen and oxygen atoms in total. The van der Waals surface area contributed by atoms with E-state index < -0.39 is 5.82 Å². The first-order valence-electron chi connectivity index (χ1n) is 9.80. The van der Waals surface area contributed by atoms with Gasteiger partial charge in [0.2, 0.25) is 0 Å². The number of anilines is 1. The predicted octanol–water partition coefficient (Wildman–Crippen LogP) is 3.69. The minimum atomic E-state index is -0.440. The predicted molar refractivity (Wildman–Crippen MR) is 103 cm³/mol. The Morgan fingerprint density at radius 3 is 3.00 bits per heavy atom. The minimum absolute atomic E-state index is 0.110. The van der Waals surface area contributed by atoms with Crippen LogP contribution in [0.25, 0.3) is 11.5 Å². The van der Waals surface area contributed by atoms with Gasteiger partial charge in [0.15, 0.2) is 5.82 Å². The molecule has 3 aromatic rings. The lowest BCUT2D eigenvalue weighted by Crippen LogP contribution is -2.34. The van der Waals surface area contributed by atoms with Crippen LogP contribution in [0.2, 0.25) is 0 Å². The zero-order chi connectivity index (χ0) is 20.0. The number of carbonyl (C=O) groups is 1. The van der Waals surface area contributed by atoms with E-state index in [4.69, 9.17) is 4.52 Å². The smallest absolute Gasteiger partial charge is 0.319 e. The van der Waals surface area contributed by atoms with Gasteiger partial charge in [0.05, 0.1) is 23.0 Å². The summed E-state index contributed by atoms with van der Waals surface area (Å²) in [6.45, 7) is 0. The molecule has 0 radical (unpaired) electrons. The summed E-state index contributed by atoms with van der Waals surface area (Å²) in [6, 6.07) is 3.60. The first kappa shape index (κ1) is 17.8. The molecule has 0 bridgehead atoms. The number of nitrogens with zero attached hydrogens (tertiary/aromatic N) is 4. The molecule has 0 saturated heterocycles. The number of hydrogen-bond donors (Lipinski definition) is 2. The molecule has 2 aliphatic carbocycles. The van der Waals surface area contributed by atoms with Crippen LogP contribution >= 0.6 is 0 Å². The van der Waals surface area contributed by atoms with Crippen LogP contribution in [0.4, 0.5) is 14.9 Å². The molecular formula is C20H21FN6O2. The molecule has 0 spiro atoms. The zero-order valence-corrected chi connectivity index (χ0v) is 16.0. The van der Waals surface area contributed by atoms with Gasteiger partial charge in [-0.2, -0.15) is 10.1 Å². The second-order valence-electron chi connectivity index (χ2n) is 7.67. The summed E-state index contributed by atoms with van der Waals surface area (Å²) in [5.74, 6) is 0.713. The lowest BCUT2D eigenvalue weighted by Gasteiger charge is -2.23. The van der Waals surface area contributed by atoms with Crippen molar-refractivity contribution in [3.05, 3.63) is 47.3 Å². The van der Waals surface area contributed by atoms with Crippen LogP contribution < -0.4 is 10.6 Å². The fourth-order valence-corrected chi connectivity index (χ4v) is 3.79. The standard InChI is InChI=1S/C20H21FN6O2/c1-27-10-14-15(3-2-4-17(14)25-27)22-20(28)23-16-8-7-12(21)9-13(16)19-24-18(26-29-19)11-5-6-11/h7-11,15H,2-6H2,1H3,(H2,22,23,28). The van der Waals surface area contributed by atoms with Crippen LogP contribution in [0.1, 0.15) is 54.7 Å². The van der Waals surface area contributed by atoms with Gasteiger partial charge in [0, 0.05) is 24.7 Å². The number of fused-ring (bicyclic) bond motifs is 1. The van der Waals surface area contributed by atoms with Gasteiger partial charge < -0.3 is 15.2 Å². The molecule has 1 unspecified atom stereocenters. The van der Waals surface area contributed by atoms with Gasteiger partial charge in [0.25, 0.3) is 5.89 Å². The highest BCUT2D eigenvalue weighted by molar-refractivity contribution is 5.93. The lowest BCUT2D eigenvalue weighted by atomic mass is 9.93. The molecule has 1 atom stereocenters. The van der Waals surface area contributed by atoms with Crippen molar-refractivity contribution in [2.24, 2.45) is 7.05 Å². The van der Waals surface area contributed by atoms with Gasteiger partial charge in [-0.05, 0) is 50.3 Å². The normalized spacial score (nSPS) is 18.3. The second kappa shape index (κ2) is 6.98. The Balaban J connectivity index is 1.35. The summed E-state index contributed by atoms with van der Waals surface area (Å²) in [5, 5.41) is 14.2. The highest BCUT2D eigenvalue weighted by atomic mass is 19.1. The van der Waals surface area contributed by atoms with Gasteiger partial charge in [-0.3, -0.25) is 4.68 Å². The Kier molecular flexibility index (Phi) is 4.30. The Morgan fingerprint density at radius 1 is 1.31 bits per heavy atom. The molecule has 1 aromatic carbocycles. The maximum Gasteiger partial charge on any atom is 0.319 e. The molecule has 1 saturated carbocycles. The number of carbonyl (C=O) groups excluding carboxylic acids is 1. The Bertz CT molecular complexity index is 1070. The van der Waals surface area contributed by atoms with Crippen molar-refractivity contribution < 1.29 is 13.7 Å². The Hall–Kier alpha value is -3.23. The van der Waals surface area contributed by atoms with Gasteiger partial charge >= 0.3 is 6.03 Å². The first-order chi connectivity index (χ1) is 14.1. The summed E-state index contributed by atoms with van der Waals surface area (Å²) in [6.07, 6.45) is 6.74. The van der Waals surface area contributed by atoms with E-state index in [-0.39, 0.29) is 18.0 Å². The monoisotopic (exact) mass is 396 g/mol. The average Bonchev–Trinajstić information content (AvgIpc) is 3.29. The van der Waals surface area contributed by atoms with E-state index >= 15 is 0 Å². The summed E-state index contributed by atoms with van der Waals surface area (Å²) in [5.41, 5.74) is 2.84. The third-order valence-corrected chi connectivity index (χ3v) is 5.37. The van der Waals surface area contributed by atoms with Crippen LogP contribution in [0.3, 0.4) is 0 Å². The van der Waals surface area contributed by atoms with Crippen molar-refractivity contribution >= 4 is 11.7 Å². The number of urea groups is 1. The van der Waals surface area contributed by atoms with Crippen LogP contribution in [0.5, 0.6) is 0 Å². The first-order valence-corrected chi connectivity index (χ1v) is 9.80. The third-order valence-electron chi connectivity index (χ3n) is 5.37. The molecular weight excluding hydrogens is 375 g/mol. The van der Waals surface area contributed by atoms with Gasteiger partial charge in [-0.1, -0.05) is 5.16 Å². The van der Waals surface area contributed by atoms with E-state index in [0.29, 0.717) is 23.0 Å². The molecule has 5 rings (SSSR count). The number of hydrogen-bond acceptors (Lipinski definition) is 5. The van der Waals surface area contributed by atoms with Gasteiger partial charge in [-0.25, -0.2) is 9.18 Å². The maximum atomic E-state index is 13.9. The van der Waals surface area contributed by atoms with E-state index in [9.17, 15) is 9.18 Å². The molecule has 0 aliphatic heterocycles. The largest absolute Gasteiger partial charge is 0.334 e. The van der Waals surface area contributed by atoms with Crippen molar-refractivity contribution in [1.29, 1.82) is 0 Å².